The van der Waals surface area contributed by atoms with E-state index in [1.807, 2.05) is 32.0 Å². The molecule has 0 saturated carbocycles. The summed E-state index contributed by atoms with van der Waals surface area (Å²) < 4.78 is 11.0. The largest absolute Gasteiger partial charge is 0.497 e. The van der Waals surface area contributed by atoms with Crippen molar-refractivity contribution in [2.75, 3.05) is 19.0 Å². The highest BCUT2D eigenvalue weighted by molar-refractivity contribution is 6.00. The highest BCUT2D eigenvalue weighted by Crippen LogP contribution is 2.25. The van der Waals surface area contributed by atoms with Crippen molar-refractivity contribution in [3.8, 4) is 11.5 Å². The number of benzene rings is 2. The number of carbonyl (C=O) groups excluding carboxylic acids is 1. The minimum Gasteiger partial charge on any atom is -0.497 e. The first-order valence-corrected chi connectivity index (χ1v) is 10.5. The first kappa shape index (κ1) is 23.6. The van der Waals surface area contributed by atoms with Gasteiger partial charge in [0.15, 0.2) is 0 Å². The van der Waals surface area contributed by atoms with Gasteiger partial charge in [-0.25, -0.2) is 4.98 Å². The highest BCUT2D eigenvalue weighted by Gasteiger charge is 2.23. The smallest absolute Gasteiger partial charge is 0.323 e. The topological polar surface area (TPSA) is 101 Å². The van der Waals surface area contributed by atoms with E-state index >= 15 is 0 Å². The Kier molecular flexibility index (Phi) is 7.86. The van der Waals surface area contributed by atoms with E-state index < -0.39 is 18.4 Å². The Labute approximate surface area is 192 Å². The predicted octanol–water partition coefficient (Wildman–Crippen LogP) is 4.35. The summed E-state index contributed by atoms with van der Waals surface area (Å²) in [5.41, 5.74) is 1.69. The second-order valence-electron chi connectivity index (χ2n) is 7.58. The Morgan fingerprint density at radius 1 is 1.06 bits per heavy atom. The number of aromatic nitrogens is 1. The molecular weight excluding hydrogens is 422 g/mol. The van der Waals surface area contributed by atoms with Crippen LogP contribution in [0.25, 0.3) is 0 Å². The molecule has 1 heterocycles. The first-order valence-electron chi connectivity index (χ1n) is 10.5. The summed E-state index contributed by atoms with van der Waals surface area (Å²) in [7, 11) is 1.58. The van der Waals surface area contributed by atoms with Crippen LogP contribution < -0.4 is 14.8 Å². The maximum atomic E-state index is 13.5. The SMILES string of the molecule is COc1ccc(Nc2ncccc2C(=O)N(CC(=O)O)Cc2ccccc2OC(C)C)cc1. The number of carboxylic acid groups (broad SMARTS) is 1. The van der Waals surface area contributed by atoms with Gasteiger partial charge in [-0.05, 0) is 56.3 Å². The number of para-hydroxylation sites is 1. The third-order valence-electron chi connectivity index (χ3n) is 4.70. The number of carboxylic acids is 1. The van der Waals surface area contributed by atoms with Crippen LogP contribution in [0.3, 0.4) is 0 Å². The quantitative estimate of drug-likeness (QED) is 0.475. The second-order valence-corrected chi connectivity index (χ2v) is 7.58. The number of nitrogens with zero attached hydrogens (tertiary/aromatic N) is 2. The summed E-state index contributed by atoms with van der Waals surface area (Å²) in [5.74, 6) is 0.0704. The average molecular weight is 450 g/mol. The van der Waals surface area contributed by atoms with Crippen molar-refractivity contribution in [1.29, 1.82) is 0 Å². The number of pyridine rings is 1. The molecule has 0 radical (unpaired) electrons. The van der Waals surface area contributed by atoms with Gasteiger partial charge in [0.2, 0.25) is 0 Å². The molecule has 2 aromatic carbocycles. The van der Waals surface area contributed by atoms with E-state index in [0.717, 1.165) is 0 Å². The Bertz CT molecular complexity index is 1100. The molecule has 8 heteroatoms. The maximum Gasteiger partial charge on any atom is 0.323 e. The number of rotatable bonds is 10. The lowest BCUT2D eigenvalue weighted by molar-refractivity contribution is -0.137. The number of anilines is 2. The fraction of sp³-hybridized carbons (Fsp3) is 0.240. The van der Waals surface area contributed by atoms with Crippen molar-refractivity contribution in [2.45, 2.75) is 26.5 Å². The van der Waals surface area contributed by atoms with E-state index in [1.54, 1.807) is 55.8 Å². The number of carbonyl (C=O) groups is 2. The Hall–Kier alpha value is -4.07. The van der Waals surface area contributed by atoms with Crippen molar-refractivity contribution in [2.24, 2.45) is 0 Å². The molecule has 3 rings (SSSR count). The van der Waals surface area contributed by atoms with Gasteiger partial charge in [0.1, 0.15) is 23.9 Å². The normalized spacial score (nSPS) is 10.5. The Balaban J connectivity index is 1.89. The van der Waals surface area contributed by atoms with Gasteiger partial charge in [-0.2, -0.15) is 0 Å². The molecule has 0 aliphatic heterocycles. The molecule has 0 atom stereocenters. The number of nitrogens with one attached hydrogen (secondary N) is 1. The zero-order valence-electron chi connectivity index (χ0n) is 18.8. The summed E-state index contributed by atoms with van der Waals surface area (Å²) in [6.45, 7) is 3.42. The van der Waals surface area contributed by atoms with Gasteiger partial charge in [-0.15, -0.1) is 0 Å². The number of hydrogen-bond acceptors (Lipinski definition) is 6. The number of ether oxygens (including phenoxy) is 2. The molecule has 1 amide bonds. The zero-order chi connectivity index (χ0) is 23.8. The van der Waals surface area contributed by atoms with Crippen molar-refractivity contribution in [1.82, 2.24) is 9.88 Å². The minimum absolute atomic E-state index is 0.0617. The van der Waals surface area contributed by atoms with Gasteiger partial charge in [0, 0.05) is 17.4 Å². The maximum absolute atomic E-state index is 13.5. The van der Waals surface area contributed by atoms with Gasteiger partial charge in [0.05, 0.1) is 25.3 Å². The molecule has 3 aromatic rings. The predicted molar refractivity (Wildman–Crippen MR) is 125 cm³/mol. The molecule has 0 spiro atoms. The molecule has 0 aliphatic rings. The van der Waals surface area contributed by atoms with Crippen molar-refractivity contribution >= 4 is 23.4 Å². The van der Waals surface area contributed by atoms with Crippen LogP contribution >= 0.6 is 0 Å². The Morgan fingerprint density at radius 3 is 2.45 bits per heavy atom. The van der Waals surface area contributed by atoms with Crippen LogP contribution in [0.4, 0.5) is 11.5 Å². The summed E-state index contributed by atoms with van der Waals surface area (Å²) in [6.07, 6.45) is 1.50. The van der Waals surface area contributed by atoms with E-state index in [0.29, 0.717) is 28.6 Å². The monoisotopic (exact) mass is 449 g/mol. The average Bonchev–Trinajstić information content (AvgIpc) is 2.79. The number of aliphatic carboxylic acids is 1. The molecule has 0 saturated heterocycles. The fourth-order valence-electron chi connectivity index (χ4n) is 3.23. The molecular formula is C25H27N3O5. The molecule has 0 bridgehead atoms. The standard InChI is InChI=1S/C25H27N3O5/c1-17(2)33-22-9-5-4-7-18(22)15-28(16-23(29)30)25(31)21-8-6-14-26-24(21)27-19-10-12-20(32-3)13-11-19/h4-14,17H,15-16H2,1-3H3,(H,26,27)(H,29,30). The van der Waals surface area contributed by atoms with Crippen LogP contribution in [-0.2, 0) is 11.3 Å². The van der Waals surface area contributed by atoms with E-state index in [4.69, 9.17) is 9.47 Å². The van der Waals surface area contributed by atoms with E-state index in [2.05, 4.69) is 10.3 Å². The van der Waals surface area contributed by atoms with Crippen LogP contribution in [0.2, 0.25) is 0 Å². The van der Waals surface area contributed by atoms with Crippen molar-refractivity contribution < 1.29 is 24.2 Å². The first-order chi connectivity index (χ1) is 15.9. The molecule has 172 valence electrons. The van der Waals surface area contributed by atoms with Crippen LogP contribution in [0.15, 0.2) is 66.9 Å². The van der Waals surface area contributed by atoms with E-state index in [1.165, 1.54) is 4.90 Å². The van der Waals surface area contributed by atoms with Crippen LogP contribution in [-0.4, -0.2) is 46.6 Å². The van der Waals surface area contributed by atoms with Crippen molar-refractivity contribution in [3.05, 3.63) is 78.0 Å². The highest BCUT2D eigenvalue weighted by atomic mass is 16.5. The molecule has 0 unspecified atom stereocenters. The van der Waals surface area contributed by atoms with E-state index in [-0.39, 0.29) is 18.2 Å². The summed E-state index contributed by atoms with van der Waals surface area (Å²) in [5, 5.41) is 12.6. The van der Waals surface area contributed by atoms with Crippen LogP contribution in [0.5, 0.6) is 11.5 Å². The molecule has 33 heavy (non-hydrogen) atoms. The van der Waals surface area contributed by atoms with Crippen LogP contribution in [0, 0.1) is 0 Å². The lowest BCUT2D eigenvalue weighted by atomic mass is 10.1. The van der Waals surface area contributed by atoms with Gasteiger partial charge < -0.3 is 24.8 Å². The molecule has 8 nitrogen and oxygen atoms in total. The number of amides is 1. The molecule has 2 N–H and O–H groups in total. The van der Waals surface area contributed by atoms with Gasteiger partial charge in [0.25, 0.3) is 5.91 Å². The summed E-state index contributed by atoms with van der Waals surface area (Å²) in [4.78, 5) is 30.6. The molecule has 0 fully saturated rings. The summed E-state index contributed by atoms with van der Waals surface area (Å²) in [6, 6.07) is 17.7. The van der Waals surface area contributed by atoms with Crippen LogP contribution in [0.1, 0.15) is 29.8 Å². The molecule has 0 aliphatic carbocycles. The lowest BCUT2D eigenvalue weighted by Crippen LogP contribution is -2.35. The van der Waals surface area contributed by atoms with E-state index in [9.17, 15) is 14.7 Å². The fourth-order valence-corrected chi connectivity index (χ4v) is 3.23. The third kappa shape index (κ3) is 6.46. The minimum atomic E-state index is -1.11. The van der Waals surface area contributed by atoms with Gasteiger partial charge >= 0.3 is 5.97 Å². The zero-order valence-corrected chi connectivity index (χ0v) is 18.8. The third-order valence-corrected chi connectivity index (χ3v) is 4.70. The molecule has 1 aromatic heterocycles. The van der Waals surface area contributed by atoms with Gasteiger partial charge in [-0.1, -0.05) is 18.2 Å². The number of hydrogen-bond donors (Lipinski definition) is 2. The Morgan fingerprint density at radius 2 is 1.79 bits per heavy atom. The lowest BCUT2D eigenvalue weighted by Gasteiger charge is -2.24. The van der Waals surface area contributed by atoms with Gasteiger partial charge in [-0.3, -0.25) is 9.59 Å². The second kappa shape index (κ2) is 11.0. The number of methoxy groups -OCH3 is 1. The summed E-state index contributed by atoms with van der Waals surface area (Å²) >= 11 is 0. The van der Waals surface area contributed by atoms with Crippen molar-refractivity contribution in [3.63, 3.8) is 0 Å².